The van der Waals surface area contributed by atoms with Gasteiger partial charge in [-0.2, -0.15) is 6.07 Å². The minimum absolute atomic E-state index is 0. The van der Waals surface area contributed by atoms with Crippen molar-refractivity contribution in [3.8, 4) is 11.4 Å². The van der Waals surface area contributed by atoms with E-state index in [1.54, 1.807) is 0 Å². The number of hydrogen-bond donors (Lipinski definition) is 0. The molecule has 0 saturated heterocycles. The van der Waals surface area contributed by atoms with Gasteiger partial charge in [0.25, 0.3) is 0 Å². The number of aliphatic imine (C=N–C) groups is 1. The predicted molar refractivity (Wildman–Crippen MR) is 213 cm³/mol. The van der Waals surface area contributed by atoms with Crippen molar-refractivity contribution >= 4 is 49.6 Å². The number of benzene rings is 5. The van der Waals surface area contributed by atoms with Crippen molar-refractivity contribution in [3.63, 3.8) is 0 Å². The first kappa shape index (κ1) is 33.8. The largest absolute Gasteiger partial charge is 2.00 e. The zero-order valence-corrected chi connectivity index (χ0v) is 33.3. The SMILES string of the molecule is Cc1cc(C2=N[C@@H]3[C@H](Cc4cc(C)cc(C)c4C3(C)C)O2)[c-]c(-n2c3[c-]c(-n4c5ccc(C)cc5c5cccnc54)ccc3c3cc(C)ccc32)c1.[Pt+2]. The molecule has 53 heavy (non-hydrogen) atoms. The van der Waals surface area contributed by atoms with Crippen molar-refractivity contribution in [3.05, 3.63) is 148 Å². The molecule has 5 nitrogen and oxygen atoms in total. The maximum Gasteiger partial charge on any atom is 2.00 e. The Hall–Kier alpha value is -4.99. The summed E-state index contributed by atoms with van der Waals surface area (Å²) < 4.78 is 11.3. The van der Waals surface area contributed by atoms with Gasteiger partial charge in [-0.25, -0.2) is 4.98 Å². The van der Waals surface area contributed by atoms with E-state index in [0.717, 1.165) is 61.9 Å². The molecule has 10 rings (SSSR count). The standard InChI is InChI=1S/C47H40N4O.Pt/c1-26-10-14-39-37(21-26)35-13-12-33(51-40-15-11-27(2)22-38(40)36-9-8-16-48-45(36)51)25-41(35)50(39)34-20-29(4)19-32(23-34)46-49-44-42(52-46)24-31-18-28(3)17-30(5)43(31)47(44,6)7;/h8-22,42,44H,24H2,1-7H3;/q-2;+2/t42-,44+;/m0./s1. The van der Waals surface area contributed by atoms with Crippen LogP contribution in [0.25, 0.3) is 55.1 Å². The van der Waals surface area contributed by atoms with Gasteiger partial charge in [-0.1, -0.05) is 84.6 Å². The summed E-state index contributed by atoms with van der Waals surface area (Å²) >= 11 is 0. The van der Waals surface area contributed by atoms with E-state index in [-0.39, 0.29) is 38.6 Å². The molecule has 3 aromatic heterocycles. The molecule has 264 valence electrons. The van der Waals surface area contributed by atoms with E-state index in [4.69, 9.17) is 14.7 Å². The van der Waals surface area contributed by atoms with Gasteiger partial charge in [0.1, 0.15) is 17.6 Å². The molecule has 0 fully saturated rings. The van der Waals surface area contributed by atoms with Crippen LogP contribution in [-0.4, -0.2) is 32.2 Å². The van der Waals surface area contributed by atoms with Crippen molar-refractivity contribution in [1.82, 2.24) is 14.1 Å². The molecule has 0 spiro atoms. The Morgan fingerprint density at radius 2 is 1.42 bits per heavy atom. The Bertz CT molecular complexity index is 2850. The second-order valence-electron chi connectivity index (χ2n) is 15.7. The molecular weight excluding hydrogens is 832 g/mol. The summed E-state index contributed by atoms with van der Waals surface area (Å²) in [6.45, 7) is 15.5. The van der Waals surface area contributed by atoms with Crippen molar-refractivity contribution in [2.45, 2.75) is 72.4 Å². The molecule has 0 saturated carbocycles. The van der Waals surface area contributed by atoms with Gasteiger partial charge in [-0.3, -0.25) is 4.99 Å². The summed E-state index contributed by atoms with van der Waals surface area (Å²) in [5.74, 6) is 0.683. The summed E-state index contributed by atoms with van der Waals surface area (Å²) in [5, 5.41) is 4.67. The van der Waals surface area contributed by atoms with Crippen molar-refractivity contribution in [2.24, 2.45) is 4.99 Å². The summed E-state index contributed by atoms with van der Waals surface area (Å²) in [6, 6.07) is 38.6. The first-order valence-electron chi connectivity index (χ1n) is 18.3. The van der Waals surface area contributed by atoms with Crippen LogP contribution in [-0.2, 0) is 37.6 Å². The molecule has 2 atom stereocenters. The molecule has 2 aliphatic rings. The molecule has 0 amide bonds. The first-order valence-corrected chi connectivity index (χ1v) is 18.3. The van der Waals surface area contributed by atoms with Gasteiger partial charge < -0.3 is 13.9 Å². The number of rotatable bonds is 3. The normalized spacial score (nSPS) is 17.5. The fourth-order valence-electron chi connectivity index (χ4n) is 9.42. The Balaban J connectivity index is 0.00000372. The van der Waals surface area contributed by atoms with Crippen molar-refractivity contribution < 1.29 is 25.8 Å². The third-order valence-electron chi connectivity index (χ3n) is 11.4. The van der Waals surface area contributed by atoms with Crippen molar-refractivity contribution in [2.75, 3.05) is 0 Å². The number of ether oxygens (including phenoxy) is 1. The molecule has 5 aromatic carbocycles. The number of aromatic nitrogens is 3. The smallest absolute Gasteiger partial charge is 0.514 e. The maximum atomic E-state index is 6.79. The van der Waals surface area contributed by atoms with E-state index >= 15 is 0 Å². The fourth-order valence-corrected chi connectivity index (χ4v) is 9.42. The van der Waals surface area contributed by atoms with Crippen LogP contribution in [0, 0.1) is 46.8 Å². The van der Waals surface area contributed by atoms with E-state index < -0.39 is 0 Å². The van der Waals surface area contributed by atoms with Crippen molar-refractivity contribution in [1.29, 1.82) is 0 Å². The summed E-state index contributed by atoms with van der Waals surface area (Å²) in [5.41, 5.74) is 15.8. The Morgan fingerprint density at radius 1 is 0.698 bits per heavy atom. The van der Waals surface area contributed by atoms with Crippen LogP contribution >= 0.6 is 0 Å². The molecule has 0 radical (unpaired) electrons. The molecule has 1 aliphatic carbocycles. The number of hydrogen-bond acceptors (Lipinski definition) is 3. The van der Waals surface area contributed by atoms with E-state index in [9.17, 15) is 0 Å². The second kappa shape index (κ2) is 12.0. The average molecular weight is 872 g/mol. The zero-order valence-electron chi connectivity index (χ0n) is 31.0. The molecule has 0 unspecified atom stereocenters. The third-order valence-corrected chi connectivity index (χ3v) is 11.4. The van der Waals surface area contributed by atoms with Gasteiger partial charge in [0.2, 0.25) is 0 Å². The number of fused-ring (bicyclic) bond motifs is 8. The van der Waals surface area contributed by atoms with Crippen LogP contribution in [0.2, 0.25) is 0 Å². The van der Waals surface area contributed by atoms with E-state index in [1.807, 2.05) is 12.3 Å². The molecule has 4 heterocycles. The molecular formula is C47H40N4OPt. The van der Waals surface area contributed by atoms with E-state index in [0.29, 0.717) is 5.90 Å². The van der Waals surface area contributed by atoms with Gasteiger partial charge in [0.05, 0.1) is 11.6 Å². The quantitative estimate of drug-likeness (QED) is 0.166. The van der Waals surface area contributed by atoms with Gasteiger partial charge in [0.15, 0.2) is 0 Å². The average Bonchev–Trinajstić information content (AvgIpc) is 3.78. The van der Waals surface area contributed by atoms with Crippen LogP contribution in [0.15, 0.2) is 96.1 Å². The maximum absolute atomic E-state index is 6.79. The molecule has 0 N–H and O–H groups in total. The Kier molecular flexibility index (Phi) is 7.67. The summed E-state index contributed by atoms with van der Waals surface area (Å²) in [7, 11) is 0. The molecule has 6 heteroatoms. The zero-order chi connectivity index (χ0) is 35.6. The van der Waals surface area contributed by atoms with E-state index in [1.165, 1.54) is 44.2 Å². The molecule has 8 aromatic rings. The van der Waals surface area contributed by atoms with Crippen LogP contribution in [0.3, 0.4) is 0 Å². The monoisotopic (exact) mass is 871 g/mol. The van der Waals surface area contributed by atoms with Gasteiger partial charge in [-0.15, -0.1) is 41.3 Å². The summed E-state index contributed by atoms with van der Waals surface area (Å²) in [4.78, 5) is 10.2. The molecule has 0 bridgehead atoms. The summed E-state index contributed by atoms with van der Waals surface area (Å²) in [6.07, 6.45) is 2.73. The van der Waals surface area contributed by atoms with Gasteiger partial charge >= 0.3 is 21.1 Å². The van der Waals surface area contributed by atoms with Crippen LogP contribution < -0.4 is 0 Å². The van der Waals surface area contributed by atoms with Crippen LogP contribution in [0.4, 0.5) is 0 Å². The second-order valence-corrected chi connectivity index (χ2v) is 15.7. The Morgan fingerprint density at radius 3 is 2.19 bits per heavy atom. The number of nitrogens with zero attached hydrogens (tertiary/aromatic N) is 4. The predicted octanol–water partition coefficient (Wildman–Crippen LogP) is 10.5. The van der Waals surface area contributed by atoms with Crippen LogP contribution in [0.1, 0.15) is 58.4 Å². The minimum atomic E-state index is -0.152. The first-order chi connectivity index (χ1) is 25.0. The minimum Gasteiger partial charge on any atom is -0.514 e. The fraction of sp³-hybridized carbons (Fsp3) is 0.234. The Labute approximate surface area is 324 Å². The van der Waals surface area contributed by atoms with Gasteiger partial charge in [0, 0.05) is 34.3 Å². The third kappa shape index (κ3) is 5.07. The number of pyridine rings is 1. The van der Waals surface area contributed by atoms with Gasteiger partial charge in [-0.05, 0) is 85.8 Å². The number of aryl methyl sites for hydroxylation is 5. The van der Waals surface area contributed by atoms with E-state index in [2.05, 4.69) is 149 Å². The van der Waals surface area contributed by atoms with Crippen LogP contribution in [0.5, 0.6) is 0 Å². The molecule has 1 aliphatic heterocycles. The topological polar surface area (TPSA) is 44.3 Å².